The molecule has 0 fully saturated rings. The van der Waals surface area contributed by atoms with E-state index in [0.29, 0.717) is 12.4 Å². The average molecular weight is 456 g/mol. The number of ether oxygens (including phenoxy) is 1. The Kier molecular flexibility index (Phi) is 6.41. The van der Waals surface area contributed by atoms with Crippen LogP contribution in [0.2, 0.25) is 0 Å². The number of hydrogen-bond donors (Lipinski definition) is 0. The molecule has 1 aromatic heterocycles. The molecule has 0 aliphatic carbocycles. The summed E-state index contributed by atoms with van der Waals surface area (Å²) in [6, 6.07) is 38.7. The Morgan fingerprint density at radius 2 is 1.66 bits per heavy atom. The first kappa shape index (κ1) is 22.2. The molecule has 0 saturated carbocycles. The van der Waals surface area contributed by atoms with Gasteiger partial charge >= 0.3 is 0 Å². The Bertz CT molecular complexity index is 1430. The molecule has 0 atom stereocenters. The summed E-state index contributed by atoms with van der Waals surface area (Å²) < 4.78 is 7.71. The molecule has 0 aliphatic rings. The van der Waals surface area contributed by atoms with Crippen LogP contribution < -0.4 is 4.74 Å². The number of aromatic nitrogens is 2. The van der Waals surface area contributed by atoms with E-state index < -0.39 is 0 Å². The van der Waals surface area contributed by atoms with Crippen LogP contribution in [0.3, 0.4) is 0 Å². The van der Waals surface area contributed by atoms with Crippen molar-refractivity contribution in [3.05, 3.63) is 131 Å². The number of para-hydroxylation sites is 1. The van der Waals surface area contributed by atoms with Gasteiger partial charge in [-0.05, 0) is 49.7 Å². The van der Waals surface area contributed by atoms with Crippen LogP contribution in [0, 0.1) is 26.0 Å². The lowest BCUT2D eigenvalue weighted by atomic mass is 10.1. The van der Waals surface area contributed by atoms with Gasteiger partial charge in [0.15, 0.2) is 11.6 Å². The van der Waals surface area contributed by atoms with E-state index in [1.165, 1.54) is 11.1 Å². The van der Waals surface area contributed by atoms with E-state index in [-0.39, 0.29) is 0 Å². The highest BCUT2D eigenvalue weighted by atomic mass is 16.5. The van der Waals surface area contributed by atoms with E-state index in [1.807, 2.05) is 59.3 Å². The Morgan fingerprint density at radius 3 is 2.40 bits per heavy atom. The Morgan fingerprint density at radius 1 is 0.829 bits per heavy atom. The molecule has 0 N–H and O–H groups in total. The van der Waals surface area contributed by atoms with Crippen LogP contribution in [-0.2, 0) is 6.61 Å². The molecule has 5 rings (SSSR count). The van der Waals surface area contributed by atoms with Crippen molar-refractivity contribution >= 4 is 12.0 Å². The maximum absolute atomic E-state index is 5.86. The van der Waals surface area contributed by atoms with Crippen molar-refractivity contribution in [2.45, 2.75) is 20.5 Å². The monoisotopic (exact) mass is 455 g/mol. The average Bonchev–Trinajstić information content (AvgIpc) is 3.32. The molecule has 4 aromatic carbocycles. The summed E-state index contributed by atoms with van der Waals surface area (Å²) in [6.45, 7) is 4.65. The van der Waals surface area contributed by atoms with Gasteiger partial charge in [0.2, 0.25) is 0 Å². The standard InChI is InChI=1S/C31H25N3O/c1-23-11-15-27(16-12-23)30-20-31(34(33-30)28-9-4-3-5-10-28)32-21-25-13-17-29(18-14-25)35-22-26-8-6-7-24(2)19-26/h3-13,15-17,19-21H,22H2,1-2H3. The lowest BCUT2D eigenvalue weighted by molar-refractivity contribution is 0.306. The summed E-state index contributed by atoms with van der Waals surface area (Å²) in [5.41, 5.74) is 7.25. The zero-order valence-corrected chi connectivity index (χ0v) is 19.8. The van der Waals surface area contributed by atoms with Crippen molar-refractivity contribution in [2.75, 3.05) is 0 Å². The van der Waals surface area contributed by atoms with E-state index in [4.69, 9.17) is 14.8 Å². The summed E-state index contributed by atoms with van der Waals surface area (Å²) in [5, 5.41) is 4.83. The third-order valence-electron chi connectivity index (χ3n) is 5.60. The maximum atomic E-state index is 5.86. The van der Waals surface area contributed by atoms with Crippen LogP contribution in [0.5, 0.6) is 5.75 Å². The number of aryl methyl sites for hydroxylation is 2. The highest BCUT2D eigenvalue weighted by Gasteiger charge is 2.10. The molecular formula is C31H25N3O. The molecule has 0 spiro atoms. The van der Waals surface area contributed by atoms with Gasteiger partial charge < -0.3 is 4.74 Å². The highest BCUT2D eigenvalue weighted by molar-refractivity contribution is 5.81. The molecule has 5 aromatic rings. The molecule has 1 heterocycles. The topological polar surface area (TPSA) is 39.4 Å². The lowest BCUT2D eigenvalue weighted by Gasteiger charge is -2.05. The lowest BCUT2D eigenvalue weighted by Crippen LogP contribution is -1.96. The van der Waals surface area contributed by atoms with Crippen LogP contribution in [-0.4, -0.2) is 16.0 Å². The van der Waals surface area contributed by atoms with Crippen LogP contribution in [0.25, 0.3) is 16.9 Å². The zero-order chi connectivity index (χ0) is 24.0. The van der Waals surface area contributed by atoms with Gasteiger partial charge in [0, 0.05) is 23.4 Å². The summed E-state index contributed by atoms with van der Waals surface area (Å²) in [6.07, 6.45) is 1.77. The van der Waals surface area contributed by atoms with Gasteiger partial charge in [0.05, 0.1) is 11.4 Å². The Labute approximate surface area is 206 Å². The van der Waals surface area contributed by atoms with Crippen LogP contribution in [0.4, 0.5) is 5.82 Å². The fraction of sp³-hybridized carbons (Fsp3) is 0.0968. The van der Waals surface area contributed by atoms with Gasteiger partial charge in [-0.25, -0.2) is 9.67 Å². The van der Waals surface area contributed by atoms with Crippen molar-refractivity contribution in [1.82, 2.24) is 9.78 Å². The summed E-state index contributed by atoms with van der Waals surface area (Å²) in [5.74, 6) is 1.39. The van der Waals surface area contributed by atoms with Crippen molar-refractivity contribution in [3.63, 3.8) is 0 Å². The molecule has 0 radical (unpaired) electrons. The highest BCUT2D eigenvalue weighted by Crippen LogP contribution is 2.27. The first-order valence-electron chi connectivity index (χ1n) is 11.5. The fourth-order valence-electron chi connectivity index (χ4n) is 3.73. The van der Waals surface area contributed by atoms with Crippen LogP contribution in [0.1, 0.15) is 22.3 Å². The molecule has 170 valence electrons. The summed E-state index contributed by atoms with van der Waals surface area (Å²) >= 11 is 0. The summed E-state index contributed by atoms with van der Waals surface area (Å²) in [7, 11) is 0. The van der Waals surface area contributed by atoms with Gasteiger partial charge in [0.1, 0.15) is 6.61 Å². The second-order valence-electron chi connectivity index (χ2n) is 8.44. The molecule has 0 saturated heterocycles. The summed E-state index contributed by atoms with van der Waals surface area (Å²) in [4.78, 5) is 4.73. The predicted molar refractivity (Wildman–Crippen MR) is 141 cm³/mol. The largest absolute Gasteiger partial charge is 0.481 e. The minimum atomic E-state index is 0.498. The number of nitrogens with zero attached hydrogens (tertiary/aromatic N) is 3. The first-order chi connectivity index (χ1) is 17.1. The molecule has 4 heteroatoms. The van der Waals surface area contributed by atoms with Gasteiger partial charge in [-0.3, -0.25) is 0 Å². The molecule has 0 bridgehead atoms. The van der Waals surface area contributed by atoms with E-state index in [0.717, 1.165) is 33.9 Å². The second-order valence-corrected chi connectivity index (χ2v) is 8.44. The fourth-order valence-corrected chi connectivity index (χ4v) is 3.73. The zero-order valence-electron chi connectivity index (χ0n) is 19.8. The van der Waals surface area contributed by atoms with Crippen LogP contribution in [0.15, 0.2) is 102 Å². The van der Waals surface area contributed by atoms with Crippen molar-refractivity contribution in [3.8, 4) is 22.7 Å². The van der Waals surface area contributed by atoms with E-state index in [1.54, 1.807) is 6.21 Å². The van der Waals surface area contributed by atoms with Crippen molar-refractivity contribution in [1.29, 1.82) is 0 Å². The minimum Gasteiger partial charge on any atom is -0.481 e. The second kappa shape index (κ2) is 10.1. The normalized spacial score (nSPS) is 10.9. The smallest absolute Gasteiger partial charge is 0.170 e. The number of benzene rings is 3. The molecular weight excluding hydrogens is 430 g/mol. The van der Waals surface area contributed by atoms with E-state index in [2.05, 4.69) is 68.4 Å². The van der Waals surface area contributed by atoms with Gasteiger partial charge in [-0.15, -0.1) is 0 Å². The number of aliphatic imine (C=N–C) groups is 1. The van der Waals surface area contributed by atoms with Gasteiger partial charge in [-0.2, -0.15) is 5.10 Å². The SMILES string of the molecule is Cc1ccc(-c2cc(N=Cc3c#cc(OCc4cccc(C)c4)cc3)n(-c3ccccc3)n2)cc1. The molecule has 0 amide bonds. The number of hydrogen-bond acceptors (Lipinski definition) is 3. The molecule has 0 aliphatic heterocycles. The first-order valence-corrected chi connectivity index (χ1v) is 11.5. The molecule has 0 unspecified atom stereocenters. The maximum Gasteiger partial charge on any atom is 0.170 e. The number of rotatable bonds is 7. The van der Waals surface area contributed by atoms with Crippen molar-refractivity contribution in [2.24, 2.45) is 4.99 Å². The minimum absolute atomic E-state index is 0.498. The quantitative estimate of drug-likeness (QED) is 0.246. The van der Waals surface area contributed by atoms with Gasteiger partial charge in [0.25, 0.3) is 0 Å². The third kappa shape index (κ3) is 5.48. The third-order valence-corrected chi connectivity index (χ3v) is 5.60. The molecule has 4 nitrogen and oxygen atoms in total. The molecule has 35 heavy (non-hydrogen) atoms. The Balaban J connectivity index is 1.36. The van der Waals surface area contributed by atoms with Gasteiger partial charge in [-0.1, -0.05) is 83.9 Å². The van der Waals surface area contributed by atoms with E-state index >= 15 is 0 Å². The van der Waals surface area contributed by atoms with E-state index in [9.17, 15) is 0 Å². The van der Waals surface area contributed by atoms with Crippen LogP contribution >= 0.6 is 0 Å². The van der Waals surface area contributed by atoms with Crippen molar-refractivity contribution < 1.29 is 4.74 Å². The predicted octanol–water partition coefficient (Wildman–Crippen LogP) is 7.09. The Hall–Kier alpha value is -4.62.